The van der Waals surface area contributed by atoms with Crippen LogP contribution in [0.3, 0.4) is 0 Å². The molecule has 3 heterocycles. The number of nitrogens with zero attached hydrogens (tertiary/aromatic N) is 6. The Morgan fingerprint density at radius 2 is 2.12 bits per heavy atom. The van der Waals surface area contributed by atoms with Crippen molar-refractivity contribution in [3.8, 4) is 5.75 Å². The molecule has 0 unspecified atom stereocenters. The molecule has 0 bridgehead atoms. The van der Waals surface area contributed by atoms with Crippen LogP contribution in [-0.4, -0.2) is 42.9 Å². The maximum Gasteiger partial charge on any atom is 0.147 e. The zero-order valence-corrected chi connectivity index (χ0v) is 14.6. The average Bonchev–Trinajstić information content (AvgIpc) is 3.24. The van der Waals surface area contributed by atoms with Crippen LogP contribution in [0.4, 0.5) is 0 Å². The average molecular weight is 338 g/mol. The van der Waals surface area contributed by atoms with Gasteiger partial charge in [-0.1, -0.05) is 6.07 Å². The molecule has 1 aromatic carbocycles. The van der Waals surface area contributed by atoms with Crippen LogP contribution < -0.4 is 4.74 Å². The van der Waals surface area contributed by atoms with Crippen molar-refractivity contribution in [2.24, 2.45) is 0 Å². The molecule has 130 valence electrons. The lowest BCUT2D eigenvalue weighted by Gasteiger charge is -2.27. The molecule has 25 heavy (non-hydrogen) atoms. The number of fused-ring (bicyclic) bond motifs is 1. The molecule has 4 rings (SSSR count). The predicted octanol–water partition coefficient (Wildman–Crippen LogP) is 1.86. The Hall–Kier alpha value is -2.67. The normalized spacial score (nSPS) is 14.5. The Morgan fingerprint density at radius 3 is 2.92 bits per heavy atom. The quantitative estimate of drug-likeness (QED) is 0.711. The molecule has 2 aromatic heterocycles. The van der Waals surface area contributed by atoms with E-state index in [0.717, 1.165) is 50.1 Å². The molecule has 0 fully saturated rings. The summed E-state index contributed by atoms with van der Waals surface area (Å²) >= 11 is 0. The lowest BCUT2D eigenvalue weighted by Crippen LogP contribution is -2.33. The summed E-state index contributed by atoms with van der Waals surface area (Å²) in [5.74, 6) is 2.95. The second-order valence-corrected chi connectivity index (χ2v) is 6.40. The molecular weight excluding hydrogens is 316 g/mol. The minimum absolute atomic E-state index is 0.761. The van der Waals surface area contributed by atoms with Gasteiger partial charge in [-0.15, -0.1) is 10.2 Å². The number of aromatic nitrogens is 5. The third kappa shape index (κ3) is 3.28. The van der Waals surface area contributed by atoms with Crippen LogP contribution >= 0.6 is 0 Å². The number of benzene rings is 1. The number of hydrogen-bond donors (Lipinski definition) is 0. The summed E-state index contributed by atoms with van der Waals surface area (Å²) in [5.41, 5.74) is 2.45. The van der Waals surface area contributed by atoms with E-state index in [4.69, 9.17) is 4.74 Å². The van der Waals surface area contributed by atoms with Gasteiger partial charge >= 0.3 is 0 Å². The molecule has 0 atom stereocenters. The number of methoxy groups -OCH3 is 1. The first-order valence-corrected chi connectivity index (χ1v) is 8.45. The number of imidazole rings is 1. The van der Waals surface area contributed by atoms with E-state index in [1.54, 1.807) is 7.11 Å². The van der Waals surface area contributed by atoms with Crippen LogP contribution in [0.1, 0.15) is 22.8 Å². The van der Waals surface area contributed by atoms with Gasteiger partial charge < -0.3 is 13.9 Å². The summed E-state index contributed by atoms with van der Waals surface area (Å²) in [6.07, 6.45) is 5.64. The van der Waals surface area contributed by atoms with E-state index in [9.17, 15) is 0 Å². The monoisotopic (exact) mass is 338 g/mol. The highest BCUT2D eigenvalue weighted by Crippen LogP contribution is 2.23. The molecule has 1 aliphatic rings. The molecule has 0 saturated carbocycles. The van der Waals surface area contributed by atoms with Gasteiger partial charge in [0.15, 0.2) is 0 Å². The van der Waals surface area contributed by atoms with E-state index in [-0.39, 0.29) is 0 Å². The minimum Gasteiger partial charge on any atom is -0.496 e. The molecule has 0 spiro atoms. The van der Waals surface area contributed by atoms with Gasteiger partial charge in [0.1, 0.15) is 23.7 Å². The van der Waals surface area contributed by atoms with Gasteiger partial charge in [-0.25, -0.2) is 4.98 Å². The topological polar surface area (TPSA) is 61.0 Å². The number of ether oxygens (including phenoxy) is 1. The zero-order chi connectivity index (χ0) is 17.2. The van der Waals surface area contributed by atoms with Crippen LogP contribution in [0.15, 0.2) is 36.9 Å². The number of aryl methyl sites for hydroxylation is 1. The van der Waals surface area contributed by atoms with Gasteiger partial charge in [0.25, 0.3) is 0 Å². The van der Waals surface area contributed by atoms with Crippen LogP contribution in [0.5, 0.6) is 5.75 Å². The van der Waals surface area contributed by atoms with Gasteiger partial charge in [0.05, 0.1) is 20.2 Å². The summed E-state index contributed by atoms with van der Waals surface area (Å²) in [4.78, 5) is 6.70. The fourth-order valence-electron chi connectivity index (χ4n) is 3.32. The molecule has 1 aliphatic heterocycles. The largest absolute Gasteiger partial charge is 0.496 e. The second-order valence-electron chi connectivity index (χ2n) is 6.40. The van der Waals surface area contributed by atoms with Crippen LogP contribution in [-0.2, 0) is 26.2 Å². The maximum absolute atomic E-state index is 5.55. The summed E-state index contributed by atoms with van der Waals surface area (Å²) < 4.78 is 9.80. The molecule has 0 aliphatic carbocycles. The number of rotatable bonds is 5. The Kier molecular flexibility index (Phi) is 4.23. The molecule has 0 amide bonds. The van der Waals surface area contributed by atoms with E-state index >= 15 is 0 Å². The molecule has 0 N–H and O–H groups in total. The third-order valence-electron chi connectivity index (χ3n) is 4.73. The molecular formula is C18H22N6O. The lowest BCUT2D eigenvalue weighted by atomic mass is 10.1. The van der Waals surface area contributed by atoms with Crippen molar-refractivity contribution in [2.45, 2.75) is 33.1 Å². The van der Waals surface area contributed by atoms with E-state index in [1.807, 2.05) is 25.6 Å². The van der Waals surface area contributed by atoms with Gasteiger partial charge in [-0.05, 0) is 24.6 Å². The molecule has 0 saturated heterocycles. The first kappa shape index (κ1) is 15.8. The van der Waals surface area contributed by atoms with Crippen LogP contribution in [0.2, 0.25) is 0 Å². The van der Waals surface area contributed by atoms with Crippen molar-refractivity contribution in [3.63, 3.8) is 0 Å². The maximum atomic E-state index is 5.55. The Labute approximate surface area is 146 Å². The molecule has 0 radical (unpaired) electrons. The van der Waals surface area contributed by atoms with Crippen molar-refractivity contribution < 1.29 is 4.74 Å². The second kappa shape index (κ2) is 6.68. The minimum atomic E-state index is 0.761. The fourth-order valence-corrected chi connectivity index (χ4v) is 3.32. The highest BCUT2D eigenvalue weighted by Gasteiger charge is 2.18. The Bertz CT molecular complexity index is 868. The van der Waals surface area contributed by atoms with Crippen molar-refractivity contribution in [1.82, 2.24) is 29.2 Å². The van der Waals surface area contributed by atoms with Crippen LogP contribution in [0, 0.1) is 6.92 Å². The van der Waals surface area contributed by atoms with Crippen molar-refractivity contribution in [1.29, 1.82) is 0 Å². The SMILES string of the molecule is COc1ccc(CN2CCn3cnnc3C2)cc1Cn1ccnc1C. The summed E-state index contributed by atoms with van der Waals surface area (Å²) in [7, 11) is 1.72. The zero-order valence-electron chi connectivity index (χ0n) is 14.6. The van der Waals surface area contributed by atoms with Gasteiger partial charge in [0, 0.05) is 37.6 Å². The van der Waals surface area contributed by atoms with Crippen molar-refractivity contribution >= 4 is 0 Å². The highest BCUT2D eigenvalue weighted by atomic mass is 16.5. The van der Waals surface area contributed by atoms with E-state index in [1.165, 1.54) is 11.1 Å². The highest BCUT2D eigenvalue weighted by molar-refractivity contribution is 5.37. The van der Waals surface area contributed by atoms with Gasteiger partial charge in [-0.2, -0.15) is 0 Å². The van der Waals surface area contributed by atoms with E-state index in [0.29, 0.717) is 0 Å². The smallest absolute Gasteiger partial charge is 0.147 e. The van der Waals surface area contributed by atoms with E-state index in [2.05, 4.69) is 47.4 Å². The molecule has 3 aromatic rings. The molecule has 7 heteroatoms. The first-order chi connectivity index (χ1) is 12.2. The number of hydrogen-bond acceptors (Lipinski definition) is 5. The summed E-state index contributed by atoms with van der Waals surface area (Å²) in [5, 5.41) is 8.19. The van der Waals surface area contributed by atoms with Gasteiger partial charge in [-0.3, -0.25) is 4.90 Å². The summed E-state index contributed by atoms with van der Waals surface area (Å²) in [6, 6.07) is 6.43. The van der Waals surface area contributed by atoms with Crippen molar-refractivity contribution in [2.75, 3.05) is 13.7 Å². The Balaban J connectivity index is 1.52. The van der Waals surface area contributed by atoms with E-state index < -0.39 is 0 Å². The predicted molar refractivity (Wildman–Crippen MR) is 93.2 cm³/mol. The Morgan fingerprint density at radius 1 is 1.20 bits per heavy atom. The fraction of sp³-hybridized carbons (Fsp3) is 0.389. The first-order valence-electron chi connectivity index (χ1n) is 8.45. The van der Waals surface area contributed by atoms with Crippen LogP contribution in [0.25, 0.3) is 0 Å². The van der Waals surface area contributed by atoms with Crippen molar-refractivity contribution in [3.05, 3.63) is 59.7 Å². The summed E-state index contributed by atoms with van der Waals surface area (Å²) in [6.45, 7) is 6.46. The standard InChI is InChI=1S/C18H22N6O/c1-14-19-5-6-23(14)11-16-9-15(3-4-17(16)25-2)10-22-7-8-24-13-20-21-18(24)12-22/h3-6,9,13H,7-8,10-12H2,1-2H3. The third-order valence-corrected chi connectivity index (χ3v) is 4.73. The van der Waals surface area contributed by atoms with Gasteiger partial charge in [0.2, 0.25) is 0 Å². The lowest BCUT2D eigenvalue weighted by molar-refractivity contribution is 0.208. The molecule has 7 nitrogen and oxygen atoms in total.